The van der Waals surface area contributed by atoms with Gasteiger partial charge in [-0.05, 0) is 6.20 Å². The highest BCUT2D eigenvalue weighted by Crippen LogP contribution is 1.68. The molecular weight excluding hydrogens is 112 g/mol. The fourth-order valence-corrected chi connectivity index (χ4v) is 0.429. The van der Waals surface area contributed by atoms with Crippen LogP contribution in [0.1, 0.15) is 0 Å². The van der Waals surface area contributed by atoms with E-state index in [1.807, 2.05) is 12.3 Å². The topological polar surface area (TPSA) is 24.1 Å². The van der Waals surface area contributed by atoms with Gasteiger partial charge in [0, 0.05) is 6.54 Å². The summed E-state index contributed by atoms with van der Waals surface area (Å²) in [5, 5.41) is 6.08. The highest BCUT2D eigenvalue weighted by Gasteiger charge is 1.81. The van der Waals surface area contributed by atoms with Gasteiger partial charge in [-0.3, -0.25) is 5.32 Å². The smallest absolute Gasteiger partial charge is 0.0650 e. The van der Waals surface area contributed by atoms with Gasteiger partial charge in [0.25, 0.3) is 0 Å². The summed E-state index contributed by atoms with van der Waals surface area (Å²) in [6, 6.07) is 0. The van der Waals surface area contributed by atoms with Gasteiger partial charge in [-0.15, -0.1) is 12.4 Å². The van der Waals surface area contributed by atoms with Crippen molar-refractivity contribution in [3.8, 4) is 0 Å². The van der Waals surface area contributed by atoms with Crippen molar-refractivity contribution in [2.24, 2.45) is 0 Å². The van der Waals surface area contributed by atoms with Gasteiger partial charge in [0.2, 0.25) is 0 Å². The molecule has 0 aromatic rings. The Hall–Kier alpha value is -0.210. The van der Waals surface area contributed by atoms with Crippen molar-refractivity contribution < 1.29 is 0 Å². The van der Waals surface area contributed by atoms with Crippen molar-refractivity contribution in [1.29, 1.82) is 0 Å². The molecule has 2 N–H and O–H groups in total. The molecule has 7 heavy (non-hydrogen) atoms. The van der Waals surface area contributed by atoms with E-state index in [1.165, 1.54) is 0 Å². The third kappa shape index (κ3) is 2.48. The lowest BCUT2D eigenvalue weighted by Gasteiger charge is -2.05. The highest BCUT2D eigenvalue weighted by atomic mass is 35.5. The van der Waals surface area contributed by atoms with Gasteiger partial charge >= 0.3 is 0 Å². The lowest BCUT2D eigenvalue weighted by molar-refractivity contribution is 0.669. The molecule has 1 aliphatic heterocycles. The van der Waals surface area contributed by atoms with Crippen LogP contribution in [0.2, 0.25) is 0 Å². The summed E-state index contributed by atoms with van der Waals surface area (Å²) < 4.78 is 0. The molecule has 0 amide bonds. The normalized spacial score (nSPS) is 17.1. The maximum Gasteiger partial charge on any atom is 0.0650 e. The fraction of sp³-hybridized carbons (Fsp3) is 0.500. The molecule has 0 saturated carbocycles. The standard InChI is InChI=1S/C4H8N2.ClH/c1-2-5-4-6-3-1;/h1-2,5-6H,3-4H2;1H. The van der Waals surface area contributed by atoms with E-state index in [2.05, 4.69) is 10.6 Å². The second kappa shape index (κ2) is 3.96. The van der Waals surface area contributed by atoms with Gasteiger partial charge < -0.3 is 5.32 Å². The summed E-state index contributed by atoms with van der Waals surface area (Å²) in [4.78, 5) is 0. The lowest BCUT2D eigenvalue weighted by atomic mass is 10.5. The second-order valence-corrected chi connectivity index (χ2v) is 1.24. The third-order valence-corrected chi connectivity index (χ3v) is 0.725. The summed E-state index contributed by atoms with van der Waals surface area (Å²) in [6.07, 6.45) is 4.00. The van der Waals surface area contributed by atoms with Gasteiger partial charge in [-0.2, -0.15) is 0 Å². The van der Waals surface area contributed by atoms with Crippen LogP contribution in [0.3, 0.4) is 0 Å². The van der Waals surface area contributed by atoms with Crippen molar-refractivity contribution >= 4 is 12.4 Å². The molecular formula is C4H9ClN2. The van der Waals surface area contributed by atoms with Crippen LogP contribution in [-0.4, -0.2) is 13.2 Å². The van der Waals surface area contributed by atoms with Crippen LogP contribution < -0.4 is 10.6 Å². The molecule has 1 heterocycles. The summed E-state index contributed by atoms with van der Waals surface area (Å²) in [6.45, 7) is 1.92. The van der Waals surface area contributed by atoms with E-state index in [1.54, 1.807) is 0 Å². The maximum atomic E-state index is 3.09. The molecule has 1 rings (SSSR count). The number of nitrogens with one attached hydrogen (secondary N) is 2. The van der Waals surface area contributed by atoms with E-state index in [0.717, 1.165) is 13.2 Å². The first-order valence-corrected chi connectivity index (χ1v) is 2.09. The Morgan fingerprint density at radius 3 is 2.43 bits per heavy atom. The minimum Gasteiger partial charge on any atom is -0.379 e. The molecule has 0 aromatic carbocycles. The Morgan fingerprint density at radius 1 is 1.43 bits per heavy atom. The molecule has 1 aliphatic rings. The van der Waals surface area contributed by atoms with E-state index in [0.29, 0.717) is 0 Å². The van der Waals surface area contributed by atoms with E-state index < -0.39 is 0 Å². The van der Waals surface area contributed by atoms with Gasteiger partial charge in [0.15, 0.2) is 0 Å². The highest BCUT2D eigenvalue weighted by molar-refractivity contribution is 5.85. The van der Waals surface area contributed by atoms with Crippen LogP contribution in [-0.2, 0) is 0 Å². The van der Waals surface area contributed by atoms with Crippen molar-refractivity contribution in [2.75, 3.05) is 13.2 Å². The largest absolute Gasteiger partial charge is 0.379 e. The zero-order chi connectivity index (χ0) is 4.24. The Bertz CT molecular complexity index is 54.7. The van der Waals surface area contributed by atoms with Crippen LogP contribution in [0, 0.1) is 0 Å². The average molecular weight is 121 g/mol. The molecule has 0 bridgehead atoms. The Morgan fingerprint density at radius 2 is 2.29 bits per heavy atom. The minimum atomic E-state index is 0. The molecule has 0 unspecified atom stereocenters. The molecule has 0 fully saturated rings. The molecule has 2 nitrogen and oxygen atoms in total. The first kappa shape index (κ1) is 6.79. The van der Waals surface area contributed by atoms with Crippen LogP contribution in [0.5, 0.6) is 0 Å². The Kier molecular flexibility index (Phi) is 3.84. The monoisotopic (exact) mass is 120 g/mol. The Labute approximate surface area is 49.4 Å². The van der Waals surface area contributed by atoms with Crippen molar-refractivity contribution in [3.63, 3.8) is 0 Å². The van der Waals surface area contributed by atoms with E-state index >= 15 is 0 Å². The third-order valence-electron chi connectivity index (χ3n) is 0.725. The van der Waals surface area contributed by atoms with Gasteiger partial charge in [-0.25, -0.2) is 0 Å². The number of rotatable bonds is 0. The number of hydrogen-bond donors (Lipinski definition) is 2. The quantitative estimate of drug-likeness (QED) is 0.473. The lowest BCUT2D eigenvalue weighted by Crippen LogP contribution is -2.29. The summed E-state index contributed by atoms with van der Waals surface area (Å²) in [5.41, 5.74) is 0. The summed E-state index contributed by atoms with van der Waals surface area (Å²) >= 11 is 0. The minimum absolute atomic E-state index is 0. The second-order valence-electron chi connectivity index (χ2n) is 1.24. The zero-order valence-electron chi connectivity index (χ0n) is 3.98. The predicted molar refractivity (Wildman–Crippen MR) is 32.4 cm³/mol. The molecule has 0 atom stereocenters. The molecule has 0 spiro atoms. The zero-order valence-corrected chi connectivity index (χ0v) is 4.79. The molecule has 42 valence electrons. The van der Waals surface area contributed by atoms with Crippen LogP contribution >= 0.6 is 12.4 Å². The number of halogens is 1. The average Bonchev–Trinajstić information content (AvgIpc) is 1.72. The summed E-state index contributed by atoms with van der Waals surface area (Å²) in [7, 11) is 0. The van der Waals surface area contributed by atoms with Gasteiger partial charge in [-0.1, -0.05) is 6.08 Å². The molecule has 3 heteroatoms. The molecule has 0 aliphatic carbocycles. The predicted octanol–water partition coefficient (Wildman–Crippen LogP) is 0.0722. The van der Waals surface area contributed by atoms with E-state index in [4.69, 9.17) is 0 Å². The summed E-state index contributed by atoms with van der Waals surface area (Å²) in [5.74, 6) is 0. The first-order valence-electron chi connectivity index (χ1n) is 2.09. The van der Waals surface area contributed by atoms with E-state index in [-0.39, 0.29) is 12.4 Å². The van der Waals surface area contributed by atoms with Crippen molar-refractivity contribution in [3.05, 3.63) is 12.3 Å². The SMILES string of the molecule is C1=CNCNC1.Cl. The molecule has 0 saturated heterocycles. The number of hydrogen-bond acceptors (Lipinski definition) is 2. The Balaban J connectivity index is 0.000000360. The van der Waals surface area contributed by atoms with Gasteiger partial charge in [0.1, 0.15) is 0 Å². The van der Waals surface area contributed by atoms with Crippen LogP contribution in [0.4, 0.5) is 0 Å². The van der Waals surface area contributed by atoms with Crippen molar-refractivity contribution in [2.45, 2.75) is 0 Å². The maximum absolute atomic E-state index is 3.09. The molecule has 0 radical (unpaired) electrons. The van der Waals surface area contributed by atoms with Gasteiger partial charge in [0.05, 0.1) is 6.67 Å². The van der Waals surface area contributed by atoms with E-state index in [9.17, 15) is 0 Å². The first-order chi connectivity index (χ1) is 3.00. The van der Waals surface area contributed by atoms with Crippen molar-refractivity contribution in [1.82, 2.24) is 10.6 Å². The van der Waals surface area contributed by atoms with Crippen LogP contribution in [0.25, 0.3) is 0 Å². The van der Waals surface area contributed by atoms with Crippen LogP contribution in [0.15, 0.2) is 12.3 Å². The molecule has 0 aromatic heterocycles. The fourth-order valence-electron chi connectivity index (χ4n) is 0.429.